The summed E-state index contributed by atoms with van der Waals surface area (Å²) in [5.74, 6) is -2.47. The number of thiophene rings is 1. The molecule has 0 radical (unpaired) electrons. The standard InChI is InChI=1S/C16H14ClNO5S/c1-23-16(22)14-10(9-4-2-3-5-11(9)17)8-24-15(14)18-12(19)6-7-13(20)21/h2-5,8H,6-7H2,1H3,(H,18,19)(H,20,21)/p-1. The second kappa shape index (κ2) is 7.94. The first-order valence-electron chi connectivity index (χ1n) is 6.88. The van der Waals surface area contributed by atoms with Gasteiger partial charge in [-0.25, -0.2) is 4.79 Å². The van der Waals surface area contributed by atoms with Crippen LogP contribution in [0.2, 0.25) is 5.02 Å². The fourth-order valence-corrected chi connectivity index (χ4v) is 3.24. The highest BCUT2D eigenvalue weighted by molar-refractivity contribution is 7.15. The average Bonchev–Trinajstić information content (AvgIpc) is 2.96. The molecule has 126 valence electrons. The number of nitrogens with one attached hydrogen (secondary N) is 1. The zero-order chi connectivity index (χ0) is 17.7. The minimum Gasteiger partial charge on any atom is -0.550 e. The Morgan fingerprint density at radius 3 is 2.54 bits per heavy atom. The Labute approximate surface area is 147 Å². The highest BCUT2D eigenvalue weighted by Crippen LogP contribution is 2.39. The first kappa shape index (κ1) is 18.0. The van der Waals surface area contributed by atoms with E-state index in [-0.39, 0.29) is 17.0 Å². The number of benzene rings is 1. The zero-order valence-electron chi connectivity index (χ0n) is 12.6. The molecule has 24 heavy (non-hydrogen) atoms. The number of anilines is 1. The molecule has 0 aliphatic carbocycles. The van der Waals surface area contributed by atoms with E-state index in [1.54, 1.807) is 29.6 Å². The molecular formula is C16H13ClNO5S-. The molecule has 8 heteroatoms. The number of hydrogen-bond donors (Lipinski definition) is 1. The van der Waals surface area contributed by atoms with Gasteiger partial charge in [-0.05, 0) is 12.5 Å². The van der Waals surface area contributed by atoms with Gasteiger partial charge in [0.2, 0.25) is 5.91 Å². The van der Waals surface area contributed by atoms with Crippen LogP contribution in [0.5, 0.6) is 0 Å². The van der Waals surface area contributed by atoms with Crippen LogP contribution in [0.3, 0.4) is 0 Å². The predicted molar refractivity (Wildman–Crippen MR) is 89.0 cm³/mol. The van der Waals surface area contributed by atoms with E-state index in [0.29, 0.717) is 16.1 Å². The molecule has 0 aliphatic heterocycles. The molecule has 0 saturated heterocycles. The Kier molecular flexibility index (Phi) is 5.94. The Morgan fingerprint density at radius 1 is 1.21 bits per heavy atom. The van der Waals surface area contributed by atoms with Crippen LogP contribution < -0.4 is 10.4 Å². The van der Waals surface area contributed by atoms with Crippen LogP contribution in [-0.2, 0) is 14.3 Å². The molecule has 2 rings (SSSR count). The van der Waals surface area contributed by atoms with E-state index in [1.165, 1.54) is 7.11 Å². The highest BCUT2D eigenvalue weighted by Gasteiger charge is 2.23. The van der Waals surface area contributed by atoms with Gasteiger partial charge < -0.3 is 20.0 Å². The van der Waals surface area contributed by atoms with Crippen molar-refractivity contribution in [3.8, 4) is 11.1 Å². The first-order chi connectivity index (χ1) is 11.4. The van der Waals surface area contributed by atoms with Gasteiger partial charge in [0.25, 0.3) is 0 Å². The number of amides is 1. The van der Waals surface area contributed by atoms with Crippen LogP contribution in [0.15, 0.2) is 29.6 Å². The van der Waals surface area contributed by atoms with Crippen LogP contribution in [0, 0.1) is 0 Å². The van der Waals surface area contributed by atoms with Crippen molar-refractivity contribution in [3.63, 3.8) is 0 Å². The smallest absolute Gasteiger partial charge is 0.341 e. The summed E-state index contributed by atoms with van der Waals surface area (Å²) in [4.78, 5) is 34.4. The van der Waals surface area contributed by atoms with Crippen LogP contribution in [0.1, 0.15) is 23.2 Å². The van der Waals surface area contributed by atoms with Crippen molar-refractivity contribution in [1.29, 1.82) is 0 Å². The monoisotopic (exact) mass is 366 g/mol. The van der Waals surface area contributed by atoms with Gasteiger partial charge in [0.05, 0.1) is 7.11 Å². The molecule has 0 aliphatic rings. The Bertz CT molecular complexity index is 787. The van der Waals surface area contributed by atoms with Crippen molar-refractivity contribution in [2.45, 2.75) is 12.8 Å². The van der Waals surface area contributed by atoms with Crippen LogP contribution in [0.25, 0.3) is 11.1 Å². The van der Waals surface area contributed by atoms with Crippen LogP contribution >= 0.6 is 22.9 Å². The number of carboxylic acid groups (broad SMARTS) is 1. The Hall–Kier alpha value is -2.38. The number of methoxy groups -OCH3 is 1. The van der Waals surface area contributed by atoms with E-state index >= 15 is 0 Å². The Morgan fingerprint density at radius 2 is 1.92 bits per heavy atom. The summed E-state index contributed by atoms with van der Waals surface area (Å²) in [6.07, 6.45) is -0.648. The van der Waals surface area contributed by atoms with Crippen LogP contribution in [0.4, 0.5) is 5.00 Å². The molecule has 0 fully saturated rings. The third kappa shape index (κ3) is 4.12. The third-order valence-corrected chi connectivity index (χ3v) is 4.38. The van der Waals surface area contributed by atoms with Crippen LogP contribution in [-0.4, -0.2) is 25.0 Å². The Balaban J connectivity index is 2.36. The lowest BCUT2D eigenvalue weighted by Gasteiger charge is -2.09. The maximum atomic E-state index is 12.1. The molecule has 0 saturated carbocycles. The molecule has 0 bridgehead atoms. The molecule has 1 amide bonds. The first-order valence-corrected chi connectivity index (χ1v) is 8.14. The van der Waals surface area contributed by atoms with Gasteiger partial charge in [-0.2, -0.15) is 0 Å². The fraction of sp³-hybridized carbons (Fsp3) is 0.188. The molecular weight excluding hydrogens is 354 g/mol. The van der Waals surface area contributed by atoms with Crippen molar-refractivity contribution >= 4 is 45.8 Å². The quantitative estimate of drug-likeness (QED) is 0.791. The van der Waals surface area contributed by atoms with Gasteiger partial charge in [-0.3, -0.25) is 4.79 Å². The van der Waals surface area contributed by atoms with Gasteiger partial charge >= 0.3 is 5.97 Å². The largest absolute Gasteiger partial charge is 0.550 e. The lowest BCUT2D eigenvalue weighted by Crippen LogP contribution is -2.24. The van der Waals surface area contributed by atoms with E-state index in [0.717, 1.165) is 11.3 Å². The molecule has 1 aromatic carbocycles. The zero-order valence-corrected chi connectivity index (χ0v) is 14.2. The number of hydrogen-bond acceptors (Lipinski definition) is 6. The molecule has 1 heterocycles. The summed E-state index contributed by atoms with van der Waals surface area (Å²) in [6, 6.07) is 6.98. The fourth-order valence-electron chi connectivity index (χ4n) is 2.04. The molecule has 1 aromatic heterocycles. The molecule has 0 atom stereocenters. The number of carboxylic acids is 1. The number of ether oxygens (including phenoxy) is 1. The number of halogens is 1. The average molecular weight is 367 g/mol. The minimum atomic E-state index is -1.32. The topological polar surface area (TPSA) is 95.5 Å². The summed E-state index contributed by atoms with van der Waals surface area (Å²) in [5.41, 5.74) is 1.34. The van der Waals surface area contributed by atoms with Crippen molar-refractivity contribution < 1.29 is 24.2 Å². The SMILES string of the molecule is COC(=O)c1c(-c2ccccc2Cl)csc1NC(=O)CCC(=O)[O-]. The van der Waals surface area contributed by atoms with E-state index in [2.05, 4.69) is 5.32 Å². The molecule has 6 nitrogen and oxygen atoms in total. The minimum absolute atomic E-state index is 0.178. The van der Waals surface area contributed by atoms with Gasteiger partial charge in [0, 0.05) is 33.9 Å². The summed E-state index contributed by atoms with van der Waals surface area (Å²) in [5, 5.41) is 15.4. The van der Waals surface area contributed by atoms with E-state index in [9.17, 15) is 19.5 Å². The summed E-state index contributed by atoms with van der Waals surface area (Å²) in [6.45, 7) is 0. The maximum absolute atomic E-state index is 12.1. The second-order valence-corrected chi connectivity index (χ2v) is 6.03. The molecule has 0 spiro atoms. The van der Waals surface area contributed by atoms with Gasteiger partial charge in [0.1, 0.15) is 10.6 Å². The lowest BCUT2D eigenvalue weighted by atomic mass is 10.0. The van der Waals surface area contributed by atoms with Gasteiger partial charge in [-0.15, -0.1) is 11.3 Å². The van der Waals surface area contributed by atoms with Gasteiger partial charge in [-0.1, -0.05) is 29.8 Å². The molecule has 2 aromatic rings. The second-order valence-electron chi connectivity index (χ2n) is 4.75. The van der Waals surface area contributed by atoms with E-state index in [4.69, 9.17) is 16.3 Å². The third-order valence-electron chi connectivity index (χ3n) is 3.15. The predicted octanol–water partition coefficient (Wildman–Crippen LogP) is 2.32. The molecule has 1 N–H and O–H groups in total. The van der Waals surface area contributed by atoms with E-state index in [1.807, 2.05) is 0 Å². The van der Waals surface area contributed by atoms with Crippen molar-refractivity contribution in [3.05, 3.63) is 40.2 Å². The number of aliphatic carboxylic acids is 1. The van der Waals surface area contributed by atoms with E-state index < -0.39 is 24.3 Å². The summed E-state index contributed by atoms with van der Waals surface area (Å²) < 4.78 is 4.79. The normalized spacial score (nSPS) is 10.2. The lowest BCUT2D eigenvalue weighted by molar-refractivity contribution is -0.305. The number of rotatable bonds is 6. The van der Waals surface area contributed by atoms with Crippen molar-refractivity contribution in [1.82, 2.24) is 0 Å². The van der Waals surface area contributed by atoms with Crippen molar-refractivity contribution in [2.24, 2.45) is 0 Å². The number of esters is 1. The highest BCUT2D eigenvalue weighted by atomic mass is 35.5. The maximum Gasteiger partial charge on any atom is 0.341 e. The van der Waals surface area contributed by atoms with Gasteiger partial charge in [0.15, 0.2) is 0 Å². The number of carbonyl (C=O) groups is 3. The van der Waals surface area contributed by atoms with Crippen molar-refractivity contribution in [2.75, 3.05) is 12.4 Å². The number of carbonyl (C=O) groups excluding carboxylic acids is 3. The molecule has 0 unspecified atom stereocenters. The summed E-state index contributed by atoms with van der Waals surface area (Å²) in [7, 11) is 1.23. The summed E-state index contributed by atoms with van der Waals surface area (Å²) >= 11 is 7.30.